The molecule has 2 N–H and O–H groups in total. The van der Waals surface area contributed by atoms with Gasteiger partial charge < -0.3 is 15.1 Å². The van der Waals surface area contributed by atoms with E-state index in [2.05, 4.69) is 20.7 Å². The Bertz CT molecular complexity index is 871. The summed E-state index contributed by atoms with van der Waals surface area (Å²) in [6.45, 7) is 1.87. The van der Waals surface area contributed by atoms with E-state index in [0.717, 1.165) is 5.56 Å². The van der Waals surface area contributed by atoms with Crippen molar-refractivity contribution >= 4 is 17.6 Å². The largest absolute Gasteiger partial charge is 0.459 e. The Morgan fingerprint density at radius 2 is 1.96 bits per heavy atom. The van der Waals surface area contributed by atoms with Gasteiger partial charge in [0.05, 0.1) is 12.3 Å². The van der Waals surface area contributed by atoms with Gasteiger partial charge in [-0.05, 0) is 36.8 Å². The molecule has 3 heterocycles. The summed E-state index contributed by atoms with van der Waals surface area (Å²) in [4.78, 5) is 28.3. The van der Waals surface area contributed by atoms with Crippen molar-refractivity contribution in [2.24, 2.45) is 7.05 Å². The molecule has 0 saturated carbocycles. The average molecular weight is 339 g/mol. The van der Waals surface area contributed by atoms with Crippen LogP contribution in [0.1, 0.15) is 39.6 Å². The third-order valence-electron chi connectivity index (χ3n) is 3.65. The fourth-order valence-electron chi connectivity index (χ4n) is 2.29. The summed E-state index contributed by atoms with van der Waals surface area (Å²) in [6, 6.07) is 8.15. The normalized spacial score (nSPS) is 11.8. The van der Waals surface area contributed by atoms with Crippen molar-refractivity contribution in [2.75, 3.05) is 5.32 Å². The first-order valence-corrected chi connectivity index (χ1v) is 7.64. The van der Waals surface area contributed by atoms with E-state index in [9.17, 15) is 9.59 Å². The van der Waals surface area contributed by atoms with Gasteiger partial charge in [0.2, 0.25) is 0 Å². The van der Waals surface area contributed by atoms with Crippen molar-refractivity contribution in [3.8, 4) is 0 Å². The maximum Gasteiger partial charge on any atom is 0.292 e. The molecule has 0 fully saturated rings. The Morgan fingerprint density at radius 1 is 1.20 bits per heavy atom. The topological polar surface area (TPSA) is 102 Å². The highest BCUT2D eigenvalue weighted by Gasteiger charge is 2.18. The molecule has 0 radical (unpaired) electrons. The molecule has 3 aromatic heterocycles. The van der Waals surface area contributed by atoms with Crippen LogP contribution in [0.5, 0.6) is 0 Å². The molecule has 0 bridgehead atoms. The Balaban J connectivity index is 1.69. The second kappa shape index (κ2) is 7.00. The fourth-order valence-corrected chi connectivity index (χ4v) is 2.29. The summed E-state index contributed by atoms with van der Waals surface area (Å²) in [5.41, 5.74) is 1.14. The second-order valence-corrected chi connectivity index (χ2v) is 5.45. The van der Waals surface area contributed by atoms with Crippen LogP contribution in [0.4, 0.5) is 5.82 Å². The van der Waals surface area contributed by atoms with Gasteiger partial charge in [-0.1, -0.05) is 0 Å². The van der Waals surface area contributed by atoms with Crippen LogP contribution in [0.25, 0.3) is 0 Å². The molecule has 3 aromatic rings. The number of rotatable bonds is 5. The number of carbonyl (C=O) groups is 2. The second-order valence-electron chi connectivity index (χ2n) is 5.45. The molecule has 0 aliphatic rings. The van der Waals surface area contributed by atoms with Crippen LogP contribution < -0.4 is 10.6 Å². The summed E-state index contributed by atoms with van der Waals surface area (Å²) < 4.78 is 6.46. The first kappa shape index (κ1) is 16.4. The summed E-state index contributed by atoms with van der Waals surface area (Å²) in [5, 5.41) is 9.65. The number of carbonyl (C=O) groups excluding carboxylic acids is 2. The van der Waals surface area contributed by atoms with Crippen molar-refractivity contribution in [3.63, 3.8) is 0 Å². The monoisotopic (exact) mass is 339 g/mol. The summed E-state index contributed by atoms with van der Waals surface area (Å²) in [7, 11) is 1.64. The quantitative estimate of drug-likeness (QED) is 0.741. The van der Waals surface area contributed by atoms with E-state index in [0.29, 0.717) is 5.82 Å². The molecule has 0 spiro atoms. The number of aromatic nitrogens is 3. The zero-order valence-electron chi connectivity index (χ0n) is 13.8. The van der Waals surface area contributed by atoms with Gasteiger partial charge in [-0.25, -0.2) is 0 Å². The smallest absolute Gasteiger partial charge is 0.292 e. The van der Waals surface area contributed by atoms with Crippen molar-refractivity contribution in [1.82, 2.24) is 20.1 Å². The standard InChI is InChI=1S/C17H17N5O3/c1-11(12-5-7-18-8-6-12)19-16(23)13-10-15(22(2)21-13)20-17(24)14-4-3-9-25-14/h3-11H,1-2H3,(H,19,23)(H,20,24)/t11-/m1/s1. The summed E-state index contributed by atoms with van der Waals surface area (Å²) in [5.74, 6) is -0.176. The number of nitrogens with zero attached hydrogens (tertiary/aromatic N) is 3. The maximum atomic E-state index is 12.4. The van der Waals surface area contributed by atoms with E-state index in [1.165, 1.54) is 17.0 Å². The van der Waals surface area contributed by atoms with Crippen LogP contribution in [-0.4, -0.2) is 26.6 Å². The molecule has 2 amide bonds. The van der Waals surface area contributed by atoms with Gasteiger partial charge in [-0.15, -0.1) is 0 Å². The molecule has 0 saturated heterocycles. The zero-order valence-corrected chi connectivity index (χ0v) is 13.8. The van der Waals surface area contributed by atoms with E-state index in [4.69, 9.17) is 4.42 Å². The lowest BCUT2D eigenvalue weighted by atomic mass is 10.1. The number of anilines is 1. The first-order chi connectivity index (χ1) is 12.0. The average Bonchev–Trinajstić information content (AvgIpc) is 3.26. The molecular formula is C17H17N5O3. The van der Waals surface area contributed by atoms with Gasteiger partial charge in [0, 0.05) is 25.5 Å². The van der Waals surface area contributed by atoms with Gasteiger partial charge in [-0.2, -0.15) is 5.10 Å². The van der Waals surface area contributed by atoms with Gasteiger partial charge in [0.15, 0.2) is 11.5 Å². The molecule has 0 aliphatic heterocycles. The van der Waals surface area contributed by atoms with E-state index in [1.54, 1.807) is 31.6 Å². The molecule has 3 rings (SSSR count). The molecule has 8 nitrogen and oxygen atoms in total. The molecule has 128 valence electrons. The summed E-state index contributed by atoms with van der Waals surface area (Å²) >= 11 is 0. The Kier molecular flexibility index (Phi) is 4.60. The molecule has 0 aliphatic carbocycles. The first-order valence-electron chi connectivity index (χ1n) is 7.64. The zero-order chi connectivity index (χ0) is 17.8. The van der Waals surface area contributed by atoms with Crippen molar-refractivity contribution in [3.05, 3.63) is 66.0 Å². The number of hydrogen-bond donors (Lipinski definition) is 2. The predicted molar refractivity (Wildman–Crippen MR) is 90.0 cm³/mol. The van der Waals surface area contributed by atoms with Crippen LogP contribution in [0.15, 0.2) is 53.4 Å². The number of furan rings is 1. The van der Waals surface area contributed by atoms with Crippen LogP contribution in [0.3, 0.4) is 0 Å². The fraction of sp³-hybridized carbons (Fsp3) is 0.176. The lowest BCUT2D eigenvalue weighted by molar-refractivity contribution is 0.0933. The Hall–Kier alpha value is -3.42. The van der Waals surface area contributed by atoms with Gasteiger partial charge in [0.1, 0.15) is 5.82 Å². The van der Waals surface area contributed by atoms with Crippen molar-refractivity contribution in [2.45, 2.75) is 13.0 Å². The highest BCUT2D eigenvalue weighted by Crippen LogP contribution is 2.14. The van der Waals surface area contributed by atoms with Crippen molar-refractivity contribution < 1.29 is 14.0 Å². The van der Waals surface area contributed by atoms with Crippen LogP contribution in [-0.2, 0) is 7.05 Å². The number of pyridine rings is 1. The third kappa shape index (κ3) is 3.74. The molecule has 0 aromatic carbocycles. The highest BCUT2D eigenvalue weighted by atomic mass is 16.3. The molecular weight excluding hydrogens is 322 g/mol. The van der Waals surface area contributed by atoms with Gasteiger partial charge in [0.25, 0.3) is 11.8 Å². The molecule has 0 unspecified atom stereocenters. The Morgan fingerprint density at radius 3 is 2.64 bits per heavy atom. The SMILES string of the molecule is C[C@@H](NC(=O)c1cc(NC(=O)c2ccco2)n(C)n1)c1ccncc1. The predicted octanol–water partition coefficient (Wildman–Crippen LogP) is 2.15. The number of amides is 2. The number of hydrogen-bond acceptors (Lipinski definition) is 5. The van der Waals surface area contributed by atoms with Gasteiger partial charge >= 0.3 is 0 Å². The van der Waals surface area contributed by atoms with E-state index >= 15 is 0 Å². The number of aryl methyl sites for hydroxylation is 1. The number of nitrogens with one attached hydrogen (secondary N) is 2. The maximum absolute atomic E-state index is 12.4. The van der Waals surface area contributed by atoms with E-state index < -0.39 is 5.91 Å². The lowest BCUT2D eigenvalue weighted by Crippen LogP contribution is -2.27. The minimum atomic E-state index is -0.412. The van der Waals surface area contributed by atoms with Gasteiger partial charge in [-0.3, -0.25) is 19.3 Å². The van der Waals surface area contributed by atoms with Crippen LogP contribution >= 0.6 is 0 Å². The minimum Gasteiger partial charge on any atom is -0.459 e. The van der Waals surface area contributed by atoms with E-state index in [1.807, 2.05) is 19.1 Å². The van der Waals surface area contributed by atoms with Crippen LogP contribution in [0.2, 0.25) is 0 Å². The molecule has 25 heavy (non-hydrogen) atoms. The van der Waals surface area contributed by atoms with Crippen LogP contribution in [0, 0.1) is 0 Å². The molecule has 8 heteroatoms. The molecule has 1 atom stereocenters. The third-order valence-corrected chi connectivity index (χ3v) is 3.65. The Labute approximate surface area is 143 Å². The van der Waals surface area contributed by atoms with Crippen molar-refractivity contribution in [1.29, 1.82) is 0 Å². The summed E-state index contributed by atoms with van der Waals surface area (Å²) in [6.07, 6.45) is 4.75. The lowest BCUT2D eigenvalue weighted by Gasteiger charge is -2.12. The highest BCUT2D eigenvalue weighted by molar-refractivity contribution is 6.02. The minimum absolute atomic E-state index is 0.179. The van der Waals surface area contributed by atoms with E-state index in [-0.39, 0.29) is 23.4 Å².